The zero-order chi connectivity index (χ0) is 27.2. The second-order valence-electron chi connectivity index (χ2n) is 9.62. The molecule has 0 heterocycles. The Morgan fingerprint density at radius 2 is 1.70 bits per heavy atom. The van der Waals surface area contributed by atoms with Crippen molar-refractivity contribution in [3.05, 3.63) is 63.6 Å². The van der Waals surface area contributed by atoms with Gasteiger partial charge in [0.15, 0.2) is 0 Å². The molecule has 2 aromatic carbocycles. The highest BCUT2D eigenvalue weighted by atomic mass is 35.5. The van der Waals surface area contributed by atoms with Gasteiger partial charge in [-0.3, -0.25) is 13.9 Å². The van der Waals surface area contributed by atoms with E-state index in [4.69, 9.17) is 23.2 Å². The number of nitrogens with zero attached hydrogens (tertiary/aromatic N) is 2. The first kappa shape index (κ1) is 29.3. The van der Waals surface area contributed by atoms with Crippen LogP contribution in [0, 0.1) is 6.92 Å². The highest BCUT2D eigenvalue weighted by Crippen LogP contribution is 2.26. The Kier molecular flexibility index (Phi) is 10.3. The molecule has 0 unspecified atom stereocenters. The summed E-state index contributed by atoms with van der Waals surface area (Å²) in [4.78, 5) is 28.6. The summed E-state index contributed by atoms with van der Waals surface area (Å²) in [5.74, 6) is -0.705. The van der Waals surface area contributed by atoms with Gasteiger partial charge in [0.2, 0.25) is 21.8 Å². The fourth-order valence-corrected chi connectivity index (χ4v) is 5.74. The van der Waals surface area contributed by atoms with Crippen molar-refractivity contribution in [1.82, 2.24) is 10.2 Å². The molecule has 1 N–H and O–H groups in total. The Morgan fingerprint density at radius 1 is 1.05 bits per heavy atom. The van der Waals surface area contributed by atoms with Crippen LogP contribution in [-0.2, 0) is 26.2 Å². The molecule has 7 nitrogen and oxygen atoms in total. The van der Waals surface area contributed by atoms with Gasteiger partial charge in [-0.25, -0.2) is 8.42 Å². The van der Waals surface area contributed by atoms with E-state index in [9.17, 15) is 18.0 Å². The number of carbonyl (C=O) groups excluding carboxylic acids is 2. The third-order valence-electron chi connectivity index (χ3n) is 6.73. The fraction of sp³-hybridized carbons (Fsp3) is 0.481. The molecule has 10 heteroatoms. The van der Waals surface area contributed by atoms with Crippen molar-refractivity contribution in [2.45, 2.75) is 71.0 Å². The molecule has 2 amide bonds. The monoisotopic (exact) mass is 567 g/mol. The first-order valence-corrected chi connectivity index (χ1v) is 15.2. The van der Waals surface area contributed by atoms with Gasteiger partial charge in [-0.05, 0) is 61.6 Å². The molecule has 37 heavy (non-hydrogen) atoms. The van der Waals surface area contributed by atoms with E-state index in [2.05, 4.69) is 5.32 Å². The average molecular weight is 569 g/mol. The van der Waals surface area contributed by atoms with E-state index in [1.807, 2.05) is 13.8 Å². The van der Waals surface area contributed by atoms with Crippen LogP contribution in [0.4, 0.5) is 5.69 Å². The quantitative estimate of drug-likeness (QED) is 0.420. The minimum atomic E-state index is -3.82. The van der Waals surface area contributed by atoms with Gasteiger partial charge in [-0.2, -0.15) is 0 Å². The van der Waals surface area contributed by atoms with Gasteiger partial charge >= 0.3 is 0 Å². The lowest BCUT2D eigenvalue weighted by Crippen LogP contribution is -2.53. The Balaban J connectivity index is 1.92. The van der Waals surface area contributed by atoms with Crippen LogP contribution in [0.1, 0.15) is 56.6 Å². The van der Waals surface area contributed by atoms with Crippen molar-refractivity contribution in [3.8, 4) is 0 Å². The van der Waals surface area contributed by atoms with Gasteiger partial charge in [0, 0.05) is 22.6 Å². The van der Waals surface area contributed by atoms with Crippen molar-refractivity contribution in [2.24, 2.45) is 0 Å². The first-order valence-electron chi connectivity index (χ1n) is 12.6. The van der Waals surface area contributed by atoms with E-state index in [0.717, 1.165) is 53.8 Å². The molecule has 0 aromatic heterocycles. The number of nitrogens with one attached hydrogen (secondary N) is 1. The number of halogens is 2. The maximum Gasteiger partial charge on any atom is 0.244 e. The topological polar surface area (TPSA) is 86.8 Å². The zero-order valence-corrected chi connectivity index (χ0v) is 23.9. The van der Waals surface area contributed by atoms with Crippen LogP contribution in [-0.4, -0.2) is 50.0 Å². The molecule has 0 radical (unpaired) electrons. The van der Waals surface area contributed by atoms with Crippen LogP contribution in [0.15, 0.2) is 42.5 Å². The second-order valence-corrected chi connectivity index (χ2v) is 12.4. The van der Waals surface area contributed by atoms with Gasteiger partial charge < -0.3 is 10.2 Å². The lowest BCUT2D eigenvalue weighted by molar-refractivity contribution is -0.140. The normalized spacial score (nSPS) is 15.2. The largest absolute Gasteiger partial charge is 0.352 e. The standard InChI is InChI=1S/C27H35Cl2N3O4S/c1-4-25(27(34)30-22-8-6-5-7-9-22)31(17-20-11-13-21(28)14-12-20)26(33)18-32(37(3,35)36)23-15-10-19(2)24(29)16-23/h10-16,22,25H,4-9,17-18H2,1-3H3,(H,30,34)/t25-/m0/s1. The summed E-state index contributed by atoms with van der Waals surface area (Å²) in [5, 5.41) is 4.08. The Hall–Kier alpha value is -2.29. The Bertz CT molecular complexity index is 1200. The first-order chi connectivity index (χ1) is 17.5. The van der Waals surface area contributed by atoms with Crippen LogP contribution in [0.25, 0.3) is 0 Å². The van der Waals surface area contributed by atoms with E-state index in [1.54, 1.807) is 36.4 Å². The molecule has 1 saturated carbocycles. The van der Waals surface area contributed by atoms with Crippen molar-refractivity contribution < 1.29 is 18.0 Å². The average Bonchev–Trinajstić information content (AvgIpc) is 2.85. The van der Waals surface area contributed by atoms with Crippen LogP contribution in [0.2, 0.25) is 10.0 Å². The molecule has 0 bridgehead atoms. The van der Waals surface area contributed by atoms with E-state index in [0.29, 0.717) is 16.5 Å². The number of rotatable bonds is 10. The van der Waals surface area contributed by atoms with Crippen LogP contribution < -0.4 is 9.62 Å². The zero-order valence-electron chi connectivity index (χ0n) is 21.5. The molecule has 0 saturated heterocycles. The third-order valence-corrected chi connectivity index (χ3v) is 8.53. The molecule has 1 fully saturated rings. The number of carbonyl (C=O) groups is 2. The smallest absolute Gasteiger partial charge is 0.244 e. The van der Waals surface area contributed by atoms with Gasteiger partial charge in [0.1, 0.15) is 12.6 Å². The number of benzene rings is 2. The van der Waals surface area contributed by atoms with Gasteiger partial charge in [0.05, 0.1) is 11.9 Å². The lowest BCUT2D eigenvalue weighted by Gasteiger charge is -2.34. The summed E-state index contributed by atoms with van der Waals surface area (Å²) in [7, 11) is -3.82. The molecule has 0 aliphatic heterocycles. The highest BCUT2D eigenvalue weighted by Gasteiger charge is 2.33. The minimum absolute atomic E-state index is 0.0880. The van der Waals surface area contributed by atoms with E-state index in [1.165, 1.54) is 11.0 Å². The number of hydrogen-bond acceptors (Lipinski definition) is 4. The van der Waals surface area contributed by atoms with Crippen molar-refractivity contribution in [1.29, 1.82) is 0 Å². The molecule has 1 aliphatic rings. The van der Waals surface area contributed by atoms with Gasteiger partial charge in [-0.15, -0.1) is 0 Å². The summed E-state index contributed by atoms with van der Waals surface area (Å²) < 4.78 is 26.5. The number of amides is 2. The minimum Gasteiger partial charge on any atom is -0.352 e. The molecule has 1 atom stereocenters. The summed E-state index contributed by atoms with van der Waals surface area (Å²) in [6.45, 7) is 3.34. The van der Waals surface area contributed by atoms with Gasteiger partial charge in [-0.1, -0.05) is 67.6 Å². The number of sulfonamides is 1. The molecule has 2 aromatic rings. The molecule has 3 rings (SSSR count). The van der Waals surface area contributed by atoms with Crippen molar-refractivity contribution in [2.75, 3.05) is 17.1 Å². The number of anilines is 1. The summed E-state index contributed by atoms with van der Waals surface area (Å²) in [5.41, 5.74) is 1.86. The van der Waals surface area contributed by atoms with Crippen LogP contribution >= 0.6 is 23.2 Å². The van der Waals surface area contributed by atoms with E-state index >= 15 is 0 Å². The van der Waals surface area contributed by atoms with E-state index < -0.39 is 28.5 Å². The maximum atomic E-state index is 13.8. The SMILES string of the molecule is CC[C@@H](C(=O)NC1CCCCC1)N(Cc1ccc(Cl)cc1)C(=O)CN(c1ccc(C)c(Cl)c1)S(C)(=O)=O. The predicted octanol–water partition coefficient (Wildman–Crippen LogP) is 5.32. The second kappa shape index (κ2) is 13.0. The van der Waals surface area contributed by atoms with Crippen LogP contribution in [0.5, 0.6) is 0 Å². The van der Waals surface area contributed by atoms with E-state index in [-0.39, 0.29) is 24.2 Å². The molecule has 0 spiro atoms. The highest BCUT2D eigenvalue weighted by molar-refractivity contribution is 7.92. The lowest BCUT2D eigenvalue weighted by atomic mass is 9.95. The van der Waals surface area contributed by atoms with Gasteiger partial charge in [0.25, 0.3) is 0 Å². The number of hydrogen-bond donors (Lipinski definition) is 1. The van der Waals surface area contributed by atoms with Crippen molar-refractivity contribution in [3.63, 3.8) is 0 Å². The number of aryl methyl sites for hydroxylation is 1. The summed E-state index contributed by atoms with van der Waals surface area (Å²) in [6, 6.07) is 11.2. The Morgan fingerprint density at radius 3 is 2.27 bits per heavy atom. The molecular formula is C27H35Cl2N3O4S. The summed E-state index contributed by atoms with van der Waals surface area (Å²) >= 11 is 12.3. The Labute approximate surface area is 230 Å². The third kappa shape index (κ3) is 8.09. The van der Waals surface area contributed by atoms with Crippen molar-refractivity contribution >= 4 is 50.7 Å². The molecule has 202 valence electrons. The molecular weight excluding hydrogens is 533 g/mol. The molecule has 1 aliphatic carbocycles. The van der Waals surface area contributed by atoms with Crippen LogP contribution in [0.3, 0.4) is 0 Å². The maximum absolute atomic E-state index is 13.8. The predicted molar refractivity (Wildman–Crippen MR) is 149 cm³/mol. The fourth-order valence-electron chi connectivity index (χ4n) is 4.60. The summed E-state index contributed by atoms with van der Waals surface area (Å²) in [6.07, 6.45) is 6.56.